The number of rotatable bonds is 4. The number of hydrogen-bond acceptors (Lipinski definition) is 3. The summed E-state index contributed by atoms with van der Waals surface area (Å²) in [6, 6.07) is 13.6. The maximum atomic E-state index is 13.1. The van der Waals surface area contributed by atoms with Gasteiger partial charge in [0.15, 0.2) is 5.78 Å². The van der Waals surface area contributed by atoms with E-state index in [0.717, 1.165) is 15.6 Å². The summed E-state index contributed by atoms with van der Waals surface area (Å²) in [6.07, 6.45) is 0.433. The second-order valence-corrected chi connectivity index (χ2v) is 6.35. The van der Waals surface area contributed by atoms with E-state index in [0.29, 0.717) is 25.2 Å². The Hall–Kier alpha value is -1.85. The number of aliphatic imine (C=N–C) groups is 1. The molecule has 1 heterocycles. The Balaban J connectivity index is 1.78. The zero-order valence-electron chi connectivity index (χ0n) is 12.4. The molecular formula is C18H16BrFN2O. The topological polar surface area (TPSA) is 41.5 Å². The third-order valence-electron chi connectivity index (χ3n) is 3.80. The molecule has 3 nitrogen and oxygen atoms in total. The molecule has 0 radical (unpaired) electrons. The lowest BCUT2D eigenvalue weighted by molar-refractivity contribution is -0.119. The molecule has 2 aromatic rings. The fourth-order valence-electron chi connectivity index (χ4n) is 2.59. The number of carbonyl (C=O) groups excluding carboxylic acids is 1. The summed E-state index contributed by atoms with van der Waals surface area (Å²) >= 11 is 3.40. The lowest BCUT2D eigenvalue weighted by Crippen LogP contribution is -2.46. The van der Waals surface area contributed by atoms with Gasteiger partial charge >= 0.3 is 0 Å². The number of nitrogens with zero attached hydrogens (tertiary/aromatic N) is 1. The first kappa shape index (κ1) is 16.0. The Bertz CT molecular complexity index is 726. The van der Waals surface area contributed by atoms with Gasteiger partial charge in [-0.15, -0.1) is 0 Å². The molecule has 1 unspecified atom stereocenters. The molecule has 0 fully saturated rings. The average Bonchev–Trinajstić information content (AvgIpc) is 2.56. The van der Waals surface area contributed by atoms with Crippen LogP contribution in [0.2, 0.25) is 0 Å². The summed E-state index contributed by atoms with van der Waals surface area (Å²) in [6.45, 7) is 1.06. The minimum Gasteiger partial charge on any atom is -0.298 e. The number of carbonyl (C=O) groups is 1. The lowest BCUT2D eigenvalue weighted by atomic mass is 9.95. The van der Waals surface area contributed by atoms with E-state index in [1.165, 1.54) is 12.1 Å². The van der Waals surface area contributed by atoms with Crippen molar-refractivity contribution in [3.63, 3.8) is 0 Å². The summed E-state index contributed by atoms with van der Waals surface area (Å²) in [5, 5.41) is 3.28. The summed E-state index contributed by atoms with van der Waals surface area (Å²) in [7, 11) is 0. The van der Waals surface area contributed by atoms with Gasteiger partial charge < -0.3 is 0 Å². The fraction of sp³-hybridized carbons (Fsp3) is 0.222. The highest BCUT2D eigenvalue weighted by molar-refractivity contribution is 9.10. The van der Waals surface area contributed by atoms with E-state index in [9.17, 15) is 9.18 Å². The molecule has 2 aromatic carbocycles. The average molecular weight is 375 g/mol. The summed E-state index contributed by atoms with van der Waals surface area (Å²) < 4.78 is 14.1. The van der Waals surface area contributed by atoms with E-state index in [1.54, 1.807) is 12.1 Å². The van der Waals surface area contributed by atoms with Gasteiger partial charge in [-0.25, -0.2) is 4.39 Å². The third-order valence-corrected chi connectivity index (χ3v) is 4.33. The Morgan fingerprint density at radius 2 is 1.83 bits per heavy atom. The second kappa shape index (κ2) is 7.15. The van der Waals surface area contributed by atoms with Crippen molar-refractivity contribution in [2.24, 2.45) is 4.99 Å². The van der Waals surface area contributed by atoms with E-state index >= 15 is 0 Å². The van der Waals surface area contributed by atoms with Crippen LogP contribution in [0.5, 0.6) is 0 Å². The number of benzene rings is 2. The van der Waals surface area contributed by atoms with Gasteiger partial charge in [0, 0.05) is 24.0 Å². The molecule has 118 valence electrons. The predicted molar refractivity (Wildman–Crippen MR) is 92.2 cm³/mol. The molecule has 5 heteroatoms. The van der Waals surface area contributed by atoms with Crippen molar-refractivity contribution in [2.45, 2.75) is 19.0 Å². The maximum absolute atomic E-state index is 13.1. The summed E-state index contributed by atoms with van der Waals surface area (Å²) in [4.78, 5) is 16.8. The number of nitrogens with one attached hydrogen (secondary N) is 1. The van der Waals surface area contributed by atoms with Crippen molar-refractivity contribution >= 4 is 27.4 Å². The van der Waals surface area contributed by atoms with Gasteiger partial charge in [0.2, 0.25) is 0 Å². The van der Waals surface area contributed by atoms with E-state index < -0.39 is 6.04 Å². The van der Waals surface area contributed by atoms with Crippen LogP contribution in [-0.2, 0) is 11.3 Å². The van der Waals surface area contributed by atoms with Gasteiger partial charge in [-0.1, -0.05) is 40.2 Å². The van der Waals surface area contributed by atoms with Crippen LogP contribution in [0.25, 0.3) is 0 Å². The van der Waals surface area contributed by atoms with Gasteiger partial charge in [0.05, 0.1) is 5.71 Å². The number of ketones is 1. The molecule has 1 aliphatic heterocycles. The van der Waals surface area contributed by atoms with Crippen LogP contribution in [0.1, 0.15) is 17.5 Å². The van der Waals surface area contributed by atoms with Crippen molar-refractivity contribution in [1.82, 2.24) is 5.32 Å². The van der Waals surface area contributed by atoms with Gasteiger partial charge in [0.25, 0.3) is 0 Å². The highest BCUT2D eigenvalue weighted by atomic mass is 79.9. The SMILES string of the molecule is O=C1CCN=C(c2ccc(F)cc2)C1NCc1ccc(Br)cc1. The summed E-state index contributed by atoms with van der Waals surface area (Å²) in [5.74, 6) is -0.174. The molecule has 0 amide bonds. The normalized spacial score (nSPS) is 17.9. The number of halogens is 2. The molecule has 3 rings (SSSR count). The first-order valence-corrected chi connectivity index (χ1v) is 8.23. The van der Waals surface area contributed by atoms with Crippen LogP contribution >= 0.6 is 15.9 Å². The highest BCUT2D eigenvalue weighted by Crippen LogP contribution is 2.15. The van der Waals surface area contributed by atoms with E-state index in [4.69, 9.17) is 0 Å². The minimum atomic E-state index is -0.446. The van der Waals surface area contributed by atoms with Gasteiger partial charge in [0.1, 0.15) is 11.9 Å². The van der Waals surface area contributed by atoms with Crippen molar-refractivity contribution in [1.29, 1.82) is 0 Å². The zero-order chi connectivity index (χ0) is 16.2. The van der Waals surface area contributed by atoms with Crippen molar-refractivity contribution in [3.8, 4) is 0 Å². The standard InChI is InChI=1S/C18H16BrFN2O/c19-14-5-1-12(2-6-14)11-22-18-16(23)9-10-21-17(18)13-3-7-15(20)8-4-13/h1-8,18,22H,9-11H2. The Kier molecular flexibility index (Phi) is 4.98. The maximum Gasteiger partial charge on any atom is 0.157 e. The van der Waals surface area contributed by atoms with Crippen LogP contribution in [-0.4, -0.2) is 24.1 Å². The van der Waals surface area contributed by atoms with Gasteiger partial charge in [-0.05, 0) is 35.4 Å². The van der Waals surface area contributed by atoms with Crippen molar-refractivity contribution in [3.05, 3.63) is 69.9 Å². The molecule has 1 aliphatic rings. The van der Waals surface area contributed by atoms with Crippen LogP contribution in [0.15, 0.2) is 58.0 Å². The molecule has 1 atom stereocenters. The number of hydrogen-bond donors (Lipinski definition) is 1. The van der Waals surface area contributed by atoms with Crippen LogP contribution in [0, 0.1) is 5.82 Å². The molecule has 23 heavy (non-hydrogen) atoms. The monoisotopic (exact) mass is 374 g/mol. The largest absolute Gasteiger partial charge is 0.298 e. The molecule has 0 spiro atoms. The first-order chi connectivity index (χ1) is 11.1. The first-order valence-electron chi connectivity index (χ1n) is 7.44. The molecule has 0 aromatic heterocycles. The fourth-order valence-corrected chi connectivity index (χ4v) is 2.85. The lowest BCUT2D eigenvalue weighted by Gasteiger charge is -2.23. The third kappa shape index (κ3) is 3.92. The molecule has 1 N–H and O–H groups in total. The highest BCUT2D eigenvalue weighted by Gasteiger charge is 2.27. The molecule has 0 saturated carbocycles. The van der Waals surface area contributed by atoms with Gasteiger partial charge in [-0.3, -0.25) is 15.1 Å². The minimum absolute atomic E-state index is 0.122. The van der Waals surface area contributed by atoms with E-state index in [2.05, 4.69) is 26.2 Å². The quantitative estimate of drug-likeness (QED) is 0.889. The van der Waals surface area contributed by atoms with Crippen molar-refractivity contribution in [2.75, 3.05) is 6.54 Å². The Morgan fingerprint density at radius 3 is 2.52 bits per heavy atom. The second-order valence-electron chi connectivity index (χ2n) is 5.43. The zero-order valence-corrected chi connectivity index (χ0v) is 14.0. The smallest absolute Gasteiger partial charge is 0.157 e. The molecule has 0 saturated heterocycles. The predicted octanol–water partition coefficient (Wildman–Crippen LogP) is 3.51. The van der Waals surface area contributed by atoms with Crippen LogP contribution in [0.4, 0.5) is 4.39 Å². The van der Waals surface area contributed by atoms with Crippen LogP contribution < -0.4 is 5.32 Å². The molecule has 0 aliphatic carbocycles. The molecule has 0 bridgehead atoms. The van der Waals surface area contributed by atoms with Crippen molar-refractivity contribution < 1.29 is 9.18 Å². The van der Waals surface area contributed by atoms with E-state index in [-0.39, 0.29) is 11.6 Å². The van der Waals surface area contributed by atoms with Gasteiger partial charge in [-0.2, -0.15) is 0 Å². The molecular weight excluding hydrogens is 359 g/mol. The van der Waals surface area contributed by atoms with E-state index in [1.807, 2.05) is 24.3 Å². The number of Topliss-reactive ketones (excluding diaryl/α,β-unsaturated/α-hetero) is 1. The Labute approximate surface area is 142 Å². The summed E-state index contributed by atoms with van der Waals surface area (Å²) in [5.41, 5.74) is 2.57. The van der Waals surface area contributed by atoms with Crippen LogP contribution in [0.3, 0.4) is 0 Å². The Morgan fingerprint density at radius 1 is 1.13 bits per heavy atom.